The van der Waals surface area contributed by atoms with Gasteiger partial charge < -0.3 is 14.6 Å². The summed E-state index contributed by atoms with van der Waals surface area (Å²) < 4.78 is 10.7. The van der Waals surface area contributed by atoms with E-state index in [-0.39, 0.29) is 35.0 Å². The predicted octanol–water partition coefficient (Wildman–Crippen LogP) is 5.53. The molecule has 4 aliphatic carbocycles. The second kappa shape index (κ2) is 9.51. The molecule has 4 saturated carbocycles. The number of esters is 2. The van der Waals surface area contributed by atoms with Crippen LogP contribution in [-0.2, 0) is 19.1 Å². The first kappa shape index (κ1) is 25.0. The van der Waals surface area contributed by atoms with Crippen LogP contribution in [0.25, 0.3) is 0 Å². The molecule has 0 heterocycles. The second-order valence-corrected chi connectivity index (χ2v) is 12.4. The molecule has 0 aliphatic heterocycles. The van der Waals surface area contributed by atoms with E-state index in [0.29, 0.717) is 48.5 Å². The molecule has 0 amide bonds. The van der Waals surface area contributed by atoms with E-state index in [2.05, 4.69) is 20.8 Å². The van der Waals surface area contributed by atoms with E-state index in [9.17, 15) is 14.7 Å². The Morgan fingerprint density at radius 3 is 2.42 bits per heavy atom. The normalized spacial score (nSPS) is 45.3. The molecule has 188 valence electrons. The number of carbonyl (C=O) groups excluding carboxylic acids is 2. The highest BCUT2D eigenvalue weighted by molar-refractivity contribution is 5.69. The molecule has 4 aliphatic rings. The summed E-state index contributed by atoms with van der Waals surface area (Å²) in [6.07, 6.45) is 9.87. The van der Waals surface area contributed by atoms with Crippen molar-refractivity contribution in [3.05, 3.63) is 0 Å². The first-order valence-electron chi connectivity index (χ1n) is 13.6. The molecule has 0 spiro atoms. The number of carbonyl (C=O) groups is 2. The third-order valence-electron chi connectivity index (χ3n) is 10.8. The zero-order valence-electron chi connectivity index (χ0n) is 21.5. The van der Waals surface area contributed by atoms with Crippen molar-refractivity contribution in [2.75, 3.05) is 6.61 Å². The van der Waals surface area contributed by atoms with Crippen molar-refractivity contribution in [2.24, 2.45) is 46.3 Å². The highest BCUT2D eigenvalue weighted by atomic mass is 16.5. The summed E-state index contributed by atoms with van der Waals surface area (Å²) >= 11 is 0. The molecule has 0 radical (unpaired) electrons. The number of aliphatic hydroxyl groups excluding tert-OH is 1. The van der Waals surface area contributed by atoms with Gasteiger partial charge >= 0.3 is 11.9 Å². The summed E-state index contributed by atoms with van der Waals surface area (Å²) in [5.41, 5.74) is 0.504. The van der Waals surface area contributed by atoms with Crippen molar-refractivity contribution in [2.45, 2.75) is 111 Å². The molecule has 10 atom stereocenters. The van der Waals surface area contributed by atoms with Crippen LogP contribution in [-0.4, -0.2) is 35.9 Å². The molecule has 0 bridgehead atoms. The van der Waals surface area contributed by atoms with E-state index in [4.69, 9.17) is 9.47 Å². The third-order valence-corrected chi connectivity index (χ3v) is 10.8. The van der Waals surface area contributed by atoms with Gasteiger partial charge in [-0.25, -0.2) is 0 Å². The van der Waals surface area contributed by atoms with E-state index in [1.165, 1.54) is 32.6 Å². The maximum atomic E-state index is 11.9. The monoisotopic (exact) mass is 462 g/mol. The lowest BCUT2D eigenvalue weighted by Crippen LogP contribution is -2.58. The van der Waals surface area contributed by atoms with Crippen LogP contribution in [0.15, 0.2) is 0 Å². The summed E-state index contributed by atoms with van der Waals surface area (Å²) in [4.78, 5) is 23.4. The molecule has 0 aromatic heterocycles. The van der Waals surface area contributed by atoms with Crippen molar-refractivity contribution in [3.8, 4) is 0 Å². The fraction of sp³-hybridized carbons (Fsp3) is 0.929. The van der Waals surface area contributed by atoms with Gasteiger partial charge in [-0.1, -0.05) is 20.8 Å². The molecule has 5 nitrogen and oxygen atoms in total. The van der Waals surface area contributed by atoms with Crippen LogP contribution in [0.3, 0.4) is 0 Å². The molecular formula is C28H46O5. The first-order valence-corrected chi connectivity index (χ1v) is 13.6. The standard InChI is InChI=1S/C28H46O5/c1-6-32-25(31)10-7-17(2)21-8-9-22-26-23(12-14-28(21,22)5)27(4)13-11-20(33-18(3)29)15-19(27)16-24(26)30/h17,19-24,26,30H,6-16H2,1-5H3/t17-,19+,20-,21-,22+,23+,24-,26+,27+,28-/m1/s1. The van der Waals surface area contributed by atoms with E-state index in [1.54, 1.807) is 0 Å². The Morgan fingerprint density at radius 2 is 1.73 bits per heavy atom. The molecule has 0 unspecified atom stereocenters. The van der Waals surface area contributed by atoms with E-state index < -0.39 is 0 Å². The molecule has 33 heavy (non-hydrogen) atoms. The lowest BCUT2D eigenvalue weighted by molar-refractivity contribution is -0.182. The largest absolute Gasteiger partial charge is 0.466 e. The number of hydrogen-bond donors (Lipinski definition) is 1. The molecule has 5 heteroatoms. The highest BCUT2D eigenvalue weighted by Gasteiger charge is 2.63. The van der Waals surface area contributed by atoms with Gasteiger partial charge in [0.05, 0.1) is 12.7 Å². The van der Waals surface area contributed by atoms with Crippen molar-refractivity contribution >= 4 is 11.9 Å². The van der Waals surface area contributed by atoms with Crippen LogP contribution < -0.4 is 0 Å². The van der Waals surface area contributed by atoms with Gasteiger partial charge in [0.1, 0.15) is 6.10 Å². The number of ether oxygens (including phenoxy) is 2. The van der Waals surface area contributed by atoms with Crippen molar-refractivity contribution in [1.82, 2.24) is 0 Å². The smallest absolute Gasteiger partial charge is 0.305 e. The van der Waals surface area contributed by atoms with E-state index in [1.807, 2.05) is 6.92 Å². The van der Waals surface area contributed by atoms with Gasteiger partial charge in [0.2, 0.25) is 0 Å². The van der Waals surface area contributed by atoms with Gasteiger partial charge in [0, 0.05) is 13.3 Å². The van der Waals surface area contributed by atoms with Gasteiger partial charge in [-0.3, -0.25) is 9.59 Å². The average molecular weight is 463 g/mol. The maximum Gasteiger partial charge on any atom is 0.305 e. The number of hydrogen-bond acceptors (Lipinski definition) is 5. The predicted molar refractivity (Wildman–Crippen MR) is 127 cm³/mol. The van der Waals surface area contributed by atoms with Crippen LogP contribution in [0, 0.1) is 46.3 Å². The minimum absolute atomic E-state index is 0.0225. The molecule has 0 aromatic carbocycles. The maximum absolute atomic E-state index is 11.9. The first-order chi connectivity index (χ1) is 15.6. The van der Waals surface area contributed by atoms with Crippen LogP contribution in [0.4, 0.5) is 0 Å². The topological polar surface area (TPSA) is 72.8 Å². The average Bonchev–Trinajstić information content (AvgIpc) is 3.10. The van der Waals surface area contributed by atoms with Gasteiger partial charge in [-0.2, -0.15) is 0 Å². The summed E-state index contributed by atoms with van der Waals surface area (Å²) in [6, 6.07) is 0. The van der Waals surface area contributed by atoms with Crippen LogP contribution in [0.1, 0.15) is 98.8 Å². The number of rotatable bonds is 6. The van der Waals surface area contributed by atoms with Crippen molar-refractivity contribution in [1.29, 1.82) is 0 Å². The Labute approximate surface area is 200 Å². The Balaban J connectivity index is 1.47. The summed E-state index contributed by atoms with van der Waals surface area (Å²) in [5, 5.41) is 11.5. The fourth-order valence-corrected chi connectivity index (χ4v) is 9.28. The van der Waals surface area contributed by atoms with Gasteiger partial charge in [0.25, 0.3) is 0 Å². The third kappa shape index (κ3) is 4.48. The van der Waals surface area contributed by atoms with Gasteiger partial charge in [-0.15, -0.1) is 0 Å². The fourth-order valence-electron chi connectivity index (χ4n) is 9.28. The Bertz CT molecular complexity index is 736. The molecule has 4 rings (SSSR count). The highest BCUT2D eigenvalue weighted by Crippen LogP contribution is 2.68. The Hall–Kier alpha value is -1.10. The molecule has 0 aromatic rings. The zero-order valence-corrected chi connectivity index (χ0v) is 21.5. The lowest BCUT2D eigenvalue weighted by atomic mass is 9.43. The minimum Gasteiger partial charge on any atom is -0.466 e. The van der Waals surface area contributed by atoms with Crippen molar-refractivity contribution in [3.63, 3.8) is 0 Å². The Kier molecular flexibility index (Phi) is 7.21. The second-order valence-electron chi connectivity index (χ2n) is 12.4. The van der Waals surface area contributed by atoms with Crippen LogP contribution in [0.2, 0.25) is 0 Å². The number of aliphatic hydroxyl groups is 1. The SMILES string of the molecule is CCOC(=O)CC[C@@H](C)[C@H]1CC[C@H]2[C@@H]3[C@H](O)C[C@@H]4C[C@H](OC(C)=O)CC[C@]4(C)[C@H]3CC[C@]12C. The van der Waals surface area contributed by atoms with E-state index in [0.717, 1.165) is 32.1 Å². The zero-order chi connectivity index (χ0) is 24.0. The molecule has 0 saturated heterocycles. The lowest BCUT2D eigenvalue weighted by Gasteiger charge is -2.62. The quantitative estimate of drug-likeness (QED) is 0.526. The summed E-state index contributed by atoms with van der Waals surface area (Å²) in [5.74, 6) is 2.84. The van der Waals surface area contributed by atoms with Crippen LogP contribution >= 0.6 is 0 Å². The van der Waals surface area contributed by atoms with Crippen LogP contribution in [0.5, 0.6) is 0 Å². The van der Waals surface area contributed by atoms with Crippen molar-refractivity contribution < 1.29 is 24.2 Å². The summed E-state index contributed by atoms with van der Waals surface area (Å²) in [6.45, 7) is 11.1. The molecular weight excluding hydrogens is 416 g/mol. The van der Waals surface area contributed by atoms with E-state index >= 15 is 0 Å². The minimum atomic E-state index is -0.248. The Morgan fingerprint density at radius 1 is 1.03 bits per heavy atom. The molecule has 4 fully saturated rings. The van der Waals surface area contributed by atoms with Gasteiger partial charge in [0.15, 0.2) is 0 Å². The summed E-state index contributed by atoms with van der Waals surface area (Å²) in [7, 11) is 0. The van der Waals surface area contributed by atoms with Gasteiger partial charge in [-0.05, 0) is 111 Å². The number of fused-ring (bicyclic) bond motifs is 5. The molecule has 1 N–H and O–H groups in total.